The van der Waals surface area contributed by atoms with Gasteiger partial charge in [-0.3, -0.25) is 4.79 Å². The molecular formula is C31H28N4O2. The summed E-state index contributed by atoms with van der Waals surface area (Å²) >= 11 is 0. The van der Waals surface area contributed by atoms with Crippen molar-refractivity contribution in [3.8, 4) is 0 Å². The third-order valence-electron chi connectivity index (χ3n) is 7.23. The fraction of sp³-hybridized carbons (Fsp3) is 0.161. The van der Waals surface area contributed by atoms with E-state index in [-0.39, 0.29) is 18.2 Å². The summed E-state index contributed by atoms with van der Waals surface area (Å²) in [5.41, 5.74) is 8.19. The van der Waals surface area contributed by atoms with Crippen molar-refractivity contribution in [2.45, 2.75) is 32.6 Å². The second kappa shape index (κ2) is 9.47. The first-order valence-corrected chi connectivity index (χ1v) is 12.5. The lowest BCUT2D eigenvalue weighted by Crippen LogP contribution is -2.17. The normalized spacial score (nSPS) is 11.5. The van der Waals surface area contributed by atoms with Gasteiger partial charge in [0, 0.05) is 51.4 Å². The van der Waals surface area contributed by atoms with Crippen LogP contribution in [0.4, 0.5) is 5.69 Å². The molecule has 0 aliphatic heterocycles. The number of nitrogens with one attached hydrogen (secondary N) is 3. The minimum atomic E-state index is -0.0856. The first-order chi connectivity index (χ1) is 18.1. The summed E-state index contributed by atoms with van der Waals surface area (Å²) in [6.45, 7) is 3.70. The second-order valence-corrected chi connectivity index (χ2v) is 9.52. The molecule has 0 spiro atoms. The summed E-state index contributed by atoms with van der Waals surface area (Å²) in [5.74, 6) is 0.671. The number of rotatable bonds is 7. The fourth-order valence-corrected chi connectivity index (χ4v) is 5.30. The van der Waals surface area contributed by atoms with Gasteiger partial charge in [0.2, 0.25) is 5.91 Å². The van der Waals surface area contributed by atoms with E-state index in [0.29, 0.717) is 5.76 Å². The molecule has 6 rings (SSSR count). The van der Waals surface area contributed by atoms with Gasteiger partial charge in [-0.2, -0.15) is 0 Å². The summed E-state index contributed by atoms with van der Waals surface area (Å²) < 4.78 is 5.24. The number of hydrogen-bond acceptors (Lipinski definition) is 3. The van der Waals surface area contributed by atoms with Crippen molar-refractivity contribution in [3.63, 3.8) is 0 Å². The molecule has 3 N–H and O–H groups in total. The highest BCUT2D eigenvalue weighted by Crippen LogP contribution is 2.38. The molecule has 3 aromatic heterocycles. The van der Waals surface area contributed by atoms with Crippen molar-refractivity contribution in [3.05, 3.63) is 119 Å². The van der Waals surface area contributed by atoms with E-state index >= 15 is 0 Å². The van der Waals surface area contributed by atoms with Gasteiger partial charge >= 0.3 is 0 Å². The zero-order chi connectivity index (χ0) is 25.4. The lowest BCUT2D eigenvalue weighted by Gasteiger charge is -2.19. The van der Waals surface area contributed by atoms with E-state index in [1.165, 1.54) is 21.9 Å². The van der Waals surface area contributed by atoms with Crippen LogP contribution in [0.3, 0.4) is 0 Å². The van der Waals surface area contributed by atoms with Gasteiger partial charge in [0.15, 0.2) is 0 Å². The average molecular weight is 489 g/mol. The maximum atomic E-state index is 13.0. The number of hydrogen-bond donors (Lipinski definition) is 3. The molecule has 0 saturated heterocycles. The van der Waals surface area contributed by atoms with E-state index < -0.39 is 0 Å². The Bertz CT molecular complexity index is 1630. The average Bonchev–Trinajstić information content (AvgIpc) is 3.62. The van der Waals surface area contributed by atoms with Crippen molar-refractivity contribution in [2.75, 3.05) is 5.32 Å². The molecule has 6 heteroatoms. The predicted octanol–water partition coefficient (Wildman–Crippen LogP) is 6.81. The zero-order valence-corrected chi connectivity index (χ0v) is 20.8. The number of amides is 1. The monoisotopic (exact) mass is 488 g/mol. The molecule has 6 aromatic rings. The Hall–Kier alpha value is -4.58. The molecule has 0 fully saturated rings. The molecule has 0 unspecified atom stereocenters. The summed E-state index contributed by atoms with van der Waals surface area (Å²) in [6.07, 6.45) is 5.20. The quantitative estimate of drug-likeness (QED) is 0.231. The van der Waals surface area contributed by atoms with Crippen LogP contribution in [0.2, 0.25) is 0 Å². The number of aromatic amines is 2. The van der Waals surface area contributed by atoms with E-state index in [2.05, 4.69) is 75.3 Å². The van der Waals surface area contributed by atoms with Crippen LogP contribution in [0.1, 0.15) is 39.6 Å². The van der Waals surface area contributed by atoms with Crippen LogP contribution in [0.15, 0.2) is 89.7 Å². The van der Waals surface area contributed by atoms with Crippen LogP contribution in [-0.4, -0.2) is 21.0 Å². The number of aromatic nitrogens is 3. The minimum Gasteiger partial charge on any atom is -0.361 e. The summed E-state index contributed by atoms with van der Waals surface area (Å²) in [4.78, 5) is 19.9. The van der Waals surface area contributed by atoms with Gasteiger partial charge < -0.3 is 19.8 Å². The van der Waals surface area contributed by atoms with Gasteiger partial charge in [-0.25, -0.2) is 0 Å². The Morgan fingerprint density at radius 3 is 2.08 bits per heavy atom. The maximum Gasteiger partial charge on any atom is 0.229 e. The van der Waals surface area contributed by atoms with Gasteiger partial charge in [-0.15, -0.1) is 0 Å². The number of nitrogens with zero attached hydrogens (tertiary/aromatic N) is 1. The minimum absolute atomic E-state index is 0.0768. The Morgan fingerprint density at radius 2 is 1.46 bits per heavy atom. The standard InChI is InChI=1S/C31H28N4O2/c1-19-24(20(2)37-35-19)16-31(36)34-28-12-6-3-9-21(28)15-25(26-17-32-29-13-7-4-10-22(26)29)27-18-33-30-14-8-5-11-23(27)30/h3-14,17-18,25,32-33H,15-16H2,1-2H3,(H,34,36). The second-order valence-electron chi connectivity index (χ2n) is 9.52. The highest BCUT2D eigenvalue weighted by molar-refractivity contribution is 5.93. The first kappa shape index (κ1) is 22.9. The molecule has 1 amide bonds. The smallest absolute Gasteiger partial charge is 0.229 e. The molecular weight excluding hydrogens is 460 g/mol. The van der Waals surface area contributed by atoms with Crippen LogP contribution in [-0.2, 0) is 17.6 Å². The lowest BCUT2D eigenvalue weighted by molar-refractivity contribution is -0.115. The van der Waals surface area contributed by atoms with Gasteiger partial charge in [0.1, 0.15) is 5.76 Å². The number of para-hydroxylation sites is 3. The summed E-state index contributed by atoms with van der Waals surface area (Å²) in [6, 6.07) is 24.9. The topological polar surface area (TPSA) is 86.7 Å². The SMILES string of the molecule is Cc1noc(C)c1CC(=O)Nc1ccccc1CC(c1c[nH]c2ccccc12)c1c[nH]c2ccccc12. The van der Waals surface area contributed by atoms with Crippen molar-refractivity contribution in [2.24, 2.45) is 0 Å². The number of anilines is 1. The molecule has 0 atom stereocenters. The number of H-pyrrole nitrogens is 2. The van der Waals surface area contributed by atoms with Gasteiger partial charge in [-0.05, 0) is 55.2 Å². The highest BCUT2D eigenvalue weighted by Gasteiger charge is 2.23. The Labute approximate surface area is 214 Å². The Balaban J connectivity index is 1.38. The van der Waals surface area contributed by atoms with Gasteiger partial charge in [0.25, 0.3) is 0 Å². The molecule has 3 heterocycles. The van der Waals surface area contributed by atoms with Gasteiger partial charge in [-0.1, -0.05) is 59.8 Å². The van der Waals surface area contributed by atoms with E-state index in [4.69, 9.17) is 4.52 Å². The first-order valence-electron chi connectivity index (χ1n) is 12.5. The highest BCUT2D eigenvalue weighted by atomic mass is 16.5. The fourth-order valence-electron chi connectivity index (χ4n) is 5.30. The van der Waals surface area contributed by atoms with Gasteiger partial charge in [0.05, 0.1) is 12.1 Å². The largest absolute Gasteiger partial charge is 0.361 e. The molecule has 0 bridgehead atoms. The number of carbonyl (C=O) groups is 1. The molecule has 3 aromatic carbocycles. The third-order valence-corrected chi connectivity index (χ3v) is 7.23. The molecule has 0 aliphatic carbocycles. The molecule has 37 heavy (non-hydrogen) atoms. The van der Waals surface area contributed by atoms with Crippen LogP contribution in [0.5, 0.6) is 0 Å². The molecule has 0 radical (unpaired) electrons. The zero-order valence-electron chi connectivity index (χ0n) is 20.8. The van der Waals surface area contributed by atoms with Crippen molar-refractivity contribution in [1.82, 2.24) is 15.1 Å². The molecule has 6 nitrogen and oxygen atoms in total. The summed E-state index contributed by atoms with van der Waals surface area (Å²) in [5, 5.41) is 9.54. The van der Waals surface area contributed by atoms with Crippen molar-refractivity contribution in [1.29, 1.82) is 0 Å². The van der Waals surface area contributed by atoms with Crippen LogP contribution in [0.25, 0.3) is 21.8 Å². The maximum absolute atomic E-state index is 13.0. The number of aryl methyl sites for hydroxylation is 2. The van der Waals surface area contributed by atoms with E-state index in [0.717, 1.165) is 40.0 Å². The molecule has 184 valence electrons. The number of fused-ring (bicyclic) bond motifs is 2. The molecule has 0 saturated carbocycles. The molecule has 0 aliphatic rings. The van der Waals surface area contributed by atoms with E-state index in [9.17, 15) is 4.79 Å². The van der Waals surface area contributed by atoms with Crippen LogP contribution < -0.4 is 5.32 Å². The Kier molecular flexibility index (Phi) is 5.85. The van der Waals surface area contributed by atoms with Crippen LogP contribution in [0, 0.1) is 13.8 Å². The summed E-state index contributed by atoms with van der Waals surface area (Å²) in [7, 11) is 0. The third kappa shape index (κ3) is 4.31. The Morgan fingerprint density at radius 1 is 0.865 bits per heavy atom. The van der Waals surface area contributed by atoms with Crippen molar-refractivity contribution >= 4 is 33.4 Å². The predicted molar refractivity (Wildman–Crippen MR) is 147 cm³/mol. The van der Waals surface area contributed by atoms with Crippen LogP contribution >= 0.6 is 0 Å². The van der Waals surface area contributed by atoms with E-state index in [1.54, 1.807) is 0 Å². The number of benzene rings is 3. The number of carbonyl (C=O) groups excluding carboxylic acids is 1. The van der Waals surface area contributed by atoms with Crippen molar-refractivity contribution < 1.29 is 9.32 Å². The lowest BCUT2D eigenvalue weighted by atomic mass is 9.85. The van der Waals surface area contributed by atoms with E-state index in [1.807, 2.05) is 44.2 Å².